The van der Waals surface area contributed by atoms with Gasteiger partial charge in [0, 0.05) is 18.0 Å². The van der Waals surface area contributed by atoms with Gasteiger partial charge in [0.1, 0.15) is 5.75 Å². The molecule has 0 aliphatic carbocycles. The number of carbonyl (C=O) groups is 1. The Kier molecular flexibility index (Phi) is 4.72. The van der Waals surface area contributed by atoms with Gasteiger partial charge in [-0.05, 0) is 35.9 Å². The maximum Gasteiger partial charge on any atom is 0.417 e. The Balaban J connectivity index is 1.61. The fourth-order valence-electron chi connectivity index (χ4n) is 2.22. The van der Waals surface area contributed by atoms with Gasteiger partial charge in [0.2, 0.25) is 0 Å². The number of para-hydroxylation sites is 1. The summed E-state index contributed by atoms with van der Waals surface area (Å²) in [7, 11) is 0. The first kappa shape index (κ1) is 15.6. The Hall–Kier alpha value is -3.34. The van der Waals surface area contributed by atoms with Gasteiger partial charge in [-0.15, -0.1) is 0 Å². The van der Waals surface area contributed by atoms with Crippen molar-refractivity contribution in [3.63, 3.8) is 0 Å². The normalized spacial score (nSPS) is 10.2. The zero-order valence-corrected chi connectivity index (χ0v) is 12.9. The molecule has 3 rings (SSSR count). The molecule has 5 heteroatoms. The van der Waals surface area contributed by atoms with Crippen LogP contribution in [0.2, 0.25) is 0 Å². The minimum atomic E-state index is -0.548. The second kappa shape index (κ2) is 7.28. The van der Waals surface area contributed by atoms with E-state index in [4.69, 9.17) is 4.74 Å². The first-order chi connectivity index (χ1) is 11.7. The van der Waals surface area contributed by atoms with Crippen molar-refractivity contribution in [3.8, 4) is 5.75 Å². The minimum Gasteiger partial charge on any atom is -0.410 e. The van der Waals surface area contributed by atoms with E-state index in [0.717, 1.165) is 5.56 Å². The monoisotopic (exact) mass is 320 g/mol. The number of anilines is 1. The van der Waals surface area contributed by atoms with Gasteiger partial charge in [-0.1, -0.05) is 36.4 Å². The molecule has 3 aromatic rings. The summed E-state index contributed by atoms with van der Waals surface area (Å²) in [5.41, 5.74) is 1.56. The van der Waals surface area contributed by atoms with Crippen LogP contribution in [-0.4, -0.2) is 10.7 Å². The van der Waals surface area contributed by atoms with Gasteiger partial charge in [-0.25, -0.2) is 4.79 Å². The molecule has 24 heavy (non-hydrogen) atoms. The molecule has 1 aromatic heterocycles. The van der Waals surface area contributed by atoms with E-state index in [2.05, 4.69) is 5.32 Å². The van der Waals surface area contributed by atoms with Crippen molar-refractivity contribution in [3.05, 3.63) is 94.9 Å². The summed E-state index contributed by atoms with van der Waals surface area (Å²) in [6, 6.07) is 21.2. The fraction of sp³-hybridized carbons (Fsp3) is 0.0526. The minimum absolute atomic E-state index is 0.0555. The van der Waals surface area contributed by atoms with E-state index in [1.165, 1.54) is 6.07 Å². The van der Waals surface area contributed by atoms with E-state index >= 15 is 0 Å². The number of benzene rings is 2. The number of nitrogens with zero attached hydrogens (tertiary/aromatic N) is 1. The van der Waals surface area contributed by atoms with Crippen molar-refractivity contribution in [2.45, 2.75) is 6.54 Å². The van der Waals surface area contributed by atoms with Crippen LogP contribution in [0.3, 0.4) is 0 Å². The number of hydrogen-bond donors (Lipinski definition) is 1. The summed E-state index contributed by atoms with van der Waals surface area (Å²) in [6.45, 7) is 0.468. The fourth-order valence-corrected chi connectivity index (χ4v) is 2.22. The van der Waals surface area contributed by atoms with Crippen LogP contribution >= 0.6 is 0 Å². The largest absolute Gasteiger partial charge is 0.417 e. The highest BCUT2D eigenvalue weighted by atomic mass is 16.6. The number of hydrogen-bond acceptors (Lipinski definition) is 3. The molecule has 0 saturated carbocycles. The third-order valence-corrected chi connectivity index (χ3v) is 3.41. The summed E-state index contributed by atoms with van der Waals surface area (Å²) in [4.78, 5) is 23.5. The van der Waals surface area contributed by atoms with Crippen molar-refractivity contribution in [1.29, 1.82) is 0 Å². The van der Waals surface area contributed by atoms with E-state index in [9.17, 15) is 9.59 Å². The first-order valence-electron chi connectivity index (χ1n) is 7.49. The number of carbonyl (C=O) groups excluding carboxylic acids is 1. The smallest absolute Gasteiger partial charge is 0.410 e. The van der Waals surface area contributed by atoms with Crippen LogP contribution < -0.4 is 15.6 Å². The second-order valence-corrected chi connectivity index (χ2v) is 5.19. The molecule has 0 unspecified atom stereocenters. The Morgan fingerprint density at radius 2 is 1.62 bits per heavy atom. The third kappa shape index (κ3) is 4.10. The lowest BCUT2D eigenvalue weighted by Gasteiger charge is -2.08. The van der Waals surface area contributed by atoms with Gasteiger partial charge < -0.3 is 9.30 Å². The Bertz CT molecular complexity index is 871. The number of pyridine rings is 1. The number of ether oxygens (including phenoxy) is 1. The lowest BCUT2D eigenvalue weighted by atomic mass is 10.2. The van der Waals surface area contributed by atoms with E-state index in [-0.39, 0.29) is 5.56 Å². The average molecular weight is 320 g/mol. The van der Waals surface area contributed by atoms with E-state index in [1.807, 2.05) is 36.4 Å². The van der Waals surface area contributed by atoms with Gasteiger partial charge >= 0.3 is 6.09 Å². The second-order valence-electron chi connectivity index (χ2n) is 5.19. The lowest BCUT2D eigenvalue weighted by molar-refractivity contribution is 0.215. The molecular weight excluding hydrogens is 304 g/mol. The molecule has 0 atom stereocenters. The molecule has 0 fully saturated rings. The molecule has 0 spiro atoms. The molecule has 2 aromatic carbocycles. The quantitative estimate of drug-likeness (QED) is 0.800. The van der Waals surface area contributed by atoms with Crippen molar-refractivity contribution >= 4 is 11.8 Å². The van der Waals surface area contributed by atoms with E-state index in [0.29, 0.717) is 18.0 Å². The van der Waals surface area contributed by atoms with Crippen LogP contribution in [0, 0.1) is 0 Å². The molecule has 1 amide bonds. The molecule has 0 bridgehead atoms. The van der Waals surface area contributed by atoms with E-state index in [1.54, 1.807) is 41.1 Å². The predicted octanol–water partition coefficient (Wildman–Crippen LogP) is 3.51. The van der Waals surface area contributed by atoms with Crippen molar-refractivity contribution < 1.29 is 9.53 Å². The van der Waals surface area contributed by atoms with Gasteiger partial charge in [-0.3, -0.25) is 10.1 Å². The Morgan fingerprint density at radius 3 is 2.33 bits per heavy atom. The van der Waals surface area contributed by atoms with E-state index < -0.39 is 6.09 Å². The SMILES string of the molecule is O=C(Nc1ccccc1)Oc1ccc(Cn2ccccc2=O)cc1. The van der Waals surface area contributed by atoms with Crippen LogP contribution in [0.15, 0.2) is 83.8 Å². The van der Waals surface area contributed by atoms with Crippen LogP contribution in [-0.2, 0) is 6.54 Å². The van der Waals surface area contributed by atoms with Crippen molar-refractivity contribution in [2.24, 2.45) is 0 Å². The molecular formula is C19H16N2O3. The average Bonchev–Trinajstić information content (AvgIpc) is 2.59. The molecule has 1 heterocycles. The number of nitrogens with one attached hydrogen (secondary N) is 1. The molecule has 0 radical (unpaired) electrons. The van der Waals surface area contributed by atoms with Crippen molar-refractivity contribution in [1.82, 2.24) is 4.57 Å². The Morgan fingerprint density at radius 1 is 0.917 bits per heavy atom. The first-order valence-corrected chi connectivity index (χ1v) is 7.49. The van der Waals surface area contributed by atoms with Crippen LogP contribution in [0.25, 0.3) is 0 Å². The number of amides is 1. The molecule has 0 aliphatic heterocycles. The molecule has 1 N–H and O–H groups in total. The summed E-state index contributed by atoms with van der Waals surface area (Å²) in [5, 5.41) is 2.65. The highest BCUT2D eigenvalue weighted by Gasteiger charge is 2.05. The molecule has 0 saturated heterocycles. The van der Waals surface area contributed by atoms with Gasteiger partial charge in [0.05, 0.1) is 6.54 Å². The van der Waals surface area contributed by atoms with Crippen molar-refractivity contribution in [2.75, 3.05) is 5.32 Å². The summed E-state index contributed by atoms with van der Waals surface area (Å²) in [5.74, 6) is 0.438. The highest BCUT2D eigenvalue weighted by Crippen LogP contribution is 2.14. The maximum atomic E-state index is 11.8. The number of rotatable bonds is 4. The third-order valence-electron chi connectivity index (χ3n) is 3.41. The van der Waals surface area contributed by atoms with Gasteiger partial charge in [0.15, 0.2) is 0 Å². The lowest BCUT2D eigenvalue weighted by Crippen LogP contribution is -2.18. The van der Waals surface area contributed by atoms with Crippen LogP contribution in [0.5, 0.6) is 5.75 Å². The highest BCUT2D eigenvalue weighted by molar-refractivity contribution is 5.86. The summed E-state index contributed by atoms with van der Waals surface area (Å²) >= 11 is 0. The summed E-state index contributed by atoms with van der Waals surface area (Å²) < 4.78 is 6.84. The topological polar surface area (TPSA) is 60.3 Å². The van der Waals surface area contributed by atoms with Crippen LogP contribution in [0.1, 0.15) is 5.56 Å². The molecule has 120 valence electrons. The zero-order chi connectivity index (χ0) is 16.8. The molecule has 5 nitrogen and oxygen atoms in total. The Labute approximate surface area is 139 Å². The number of aromatic nitrogens is 1. The van der Waals surface area contributed by atoms with Gasteiger partial charge in [-0.2, -0.15) is 0 Å². The predicted molar refractivity (Wildman–Crippen MR) is 92.3 cm³/mol. The van der Waals surface area contributed by atoms with Crippen LogP contribution in [0.4, 0.5) is 10.5 Å². The zero-order valence-electron chi connectivity index (χ0n) is 12.9. The van der Waals surface area contributed by atoms with Gasteiger partial charge in [0.25, 0.3) is 5.56 Å². The standard InChI is InChI=1S/C19H16N2O3/c22-18-8-4-5-13-21(18)14-15-9-11-17(12-10-15)24-19(23)20-16-6-2-1-3-7-16/h1-13H,14H2,(H,20,23). The maximum absolute atomic E-state index is 11.8. The summed E-state index contributed by atoms with van der Waals surface area (Å²) in [6.07, 6.45) is 1.19. The molecule has 0 aliphatic rings.